The van der Waals surface area contributed by atoms with Crippen LogP contribution in [0, 0.1) is 13.8 Å². The molecule has 0 aliphatic heterocycles. The third-order valence-electron chi connectivity index (χ3n) is 6.18. The molecule has 0 radical (unpaired) electrons. The molecule has 0 saturated heterocycles. The molecule has 2 aromatic heterocycles. The number of carbonyl (C=O) groups excluding carboxylic acids is 3. The summed E-state index contributed by atoms with van der Waals surface area (Å²) in [7, 11) is 0. The maximum atomic E-state index is 13.7. The van der Waals surface area contributed by atoms with Gasteiger partial charge in [-0.05, 0) is 68.7 Å². The molecule has 0 spiro atoms. The van der Waals surface area contributed by atoms with Crippen molar-refractivity contribution in [3.63, 3.8) is 0 Å². The zero-order chi connectivity index (χ0) is 24.8. The van der Waals surface area contributed by atoms with Crippen molar-refractivity contribution in [1.29, 1.82) is 0 Å². The van der Waals surface area contributed by atoms with Gasteiger partial charge in [0, 0.05) is 11.7 Å². The van der Waals surface area contributed by atoms with Gasteiger partial charge in [-0.3, -0.25) is 19.3 Å². The number of benzene rings is 1. The lowest BCUT2D eigenvalue weighted by molar-refractivity contribution is -0.127. The van der Waals surface area contributed by atoms with Crippen molar-refractivity contribution < 1.29 is 23.2 Å². The molecule has 1 aliphatic rings. The maximum Gasteiger partial charge on any atom is 0.287 e. The number of nitrogens with zero attached hydrogens (tertiary/aromatic N) is 1. The number of rotatable bonds is 8. The first-order chi connectivity index (χ1) is 16.9. The lowest BCUT2D eigenvalue weighted by atomic mass is 9.95. The van der Waals surface area contributed by atoms with Gasteiger partial charge in [0.05, 0.1) is 12.8 Å². The van der Waals surface area contributed by atoms with E-state index >= 15 is 0 Å². The van der Waals surface area contributed by atoms with Crippen LogP contribution in [0.5, 0.6) is 0 Å². The summed E-state index contributed by atoms with van der Waals surface area (Å²) in [6, 6.07) is 13.0. The Bertz CT molecular complexity index is 1160. The van der Waals surface area contributed by atoms with Gasteiger partial charge in [0.1, 0.15) is 11.5 Å². The highest BCUT2D eigenvalue weighted by molar-refractivity contribution is 6.04. The van der Waals surface area contributed by atoms with Gasteiger partial charge < -0.3 is 19.5 Å². The number of hydrogen-bond acceptors (Lipinski definition) is 5. The van der Waals surface area contributed by atoms with E-state index in [9.17, 15) is 14.4 Å². The predicted octanol–water partition coefficient (Wildman–Crippen LogP) is 4.44. The molecule has 1 aliphatic carbocycles. The molecule has 1 atom stereocenters. The van der Waals surface area contributed by atoms with E-state index in [1.54, 1.807) is 31.2 Å². The maximum absolute atomic E-state index is 13.7. The van der Waals surface area contributed by atoms with Crippen molar-refractivity contribution in [2.75, 3.05) is 11.4 Å². The van der Waals surface area contributed by atoms with E-state index < -0.39 is 17.9 Å². The highest BCUT2D eigenvalue weighted by Crippen LogP contribution is 2.30. The quantitative estimate of drug-likeness (QED) is 0.499. The van der Waals surface area contributed by atoms with Gasteiger partial charge in [0.15, 0.2) is 11.8 Å². The average Bonchev–Trinajstić information content (AvgIpc) is 3.53. The third-order valence-corrected chi connectivity index (χ3v) is 6.18. The number of aryl methyl sites for hydroxylation is 2. The Morgan fingerprint density at radius 2 is 1.83 bits per heavy atom. The van der Waals surface area contributed by atoms with E-state index in [0.29, 0.717) is 17.2 Å². The van der Waals surface area contributed by atoms with E-state index in [2.05, 4.69) is 10.6 Å². The molecule has 4 rings (SSSR count). The van der Waals surface area contributed by atoms with Crippen LogP contribution in [0.2, 0.25) is 0 Å². The van der Waals surface area contributed by atoms with Crippen molar-refractivity contribution in [2.45, 2.75) is 58.0 Å². The molecule has 1 unspecified atom stereocenters. The number of anilines is 1. The molecular formula is C27H31N3O5. The zero-order valence-corrected chi connectivity index (χ0v) is 20.1. The van der Waals surface area contributed by atoms with E-state index in [4.69, 9.17) is 8.83 Å². The average molecular weight is 478 g/mol. The van der Waals surface area contributed by atoms with E-state index in [1.807, 2.05) is 25.1 Å². The molecule has 2 heterocycles. The van der Waals surface area contributed by atoms with E-state index in [1.165, 1.54) is 17.2 Å². The smallest absolute Gasteiger partial charge is 0.287 e. The van der Waals surface area contributed by atoms with Crippen LogP contribution in [0.3, 0.4) is 0 Å². The number of hydrogen-bond donors (Lipinski definition) is 2. The van der Waals surface area contributed by atoms with Gasteiger partial charge in [-0.15, -0.1) is 0 Å². The summed E-state index contributed by atoms with van der Waals surface area (Å²) in [6.07, 6.45) is 6.50. The van der Waals surface area contributed by atoms with Crippen LogP contribution in [-0.2, 0) is 9.59 Å². The Labute approximate surface area is 204 Å². The molecule has 0 bridgehead atoms. The Balaban J connectivity index is 1.65. The standard InChI is InChI=1S/C27H31N3O5/c1-18-8-6-11-21(16-18)30(24(31)17-28-26(32)23-12-7-15-34-23)25(22-14-13-19(2)35-22)27(33)29-20-9-4-3-5-10-20/h6-8,11-16,20,25H,3-5,9-10,17H2,1-2H3,(H,28,32)(H,29,33). The topological polar surface area (TPSA) is 105 Å². The summed E-state index contributed by atoms with van der Waals surface area (Å²) in [4.78, 5) is 41.1. The van der Waals surface area contributed by atoms with E-state index in [-0.39, 0.29) is 24.3 Å². The van der Waals surface area contributed by atoms with Crippen molar-refractivity contribution >= 4 is 23.4 Å². The van der Waals surface area contributed by atoms with Gasteiger partial charge in [-0.2, -0.15) is 0 Å². The fraction of sp³-hybridized carbons (Fsp3) is 0.370. The summed E-state index contributed by atoms with van der Waals surface area (Å²) in [5.74, 6) is -0.161. The molecule has 3 aromatic rings. The van der Waals surface area contributed by atoms with Crippen LogP contribution < -0.4 is 15.5 Å². The van der Waals surface area contributed by atoms with Crippen molar-refractivity contribution in [2.24, 2.45) is 0 Å². The molecule has 3 amide bonds. The van der Waals surface area contributed by atoms with Crippen molar-refractivity contribution in [1.82, 2.24) is 10.6 Å². The molecule has 184 valence electrons. The summed E-state index contributed by atoms with van der Waals surface area (Å²) in [5.41, 5.74) is 1.47. The van der Waals surface area contributed by atoms with Crippen LogP contribution in [-0.4, -0.2) is 30.3 Å². The largest absolute Gasteiger partial charge is 0.464 e. The van der Waals surface area contributed by atoms with Crippen molar-refractivity contribution in [3.05, 3.63) is 77.6 Å². The van der Waals surface area contributed by atoms with Gasteiger partial charge in [0.2, 0.25) is 5.91 Å². The normalized spacial score (nSPS) is 14.8. The first-order valence-electron chi connectivity index (χ1n) is 12.0. The van der Waals surface area contributed by atoms with E-state index in [0.717, 1.165) is 37.7 Å². The number of carbonyl (C=O) groups is 3. The number of furan rings is 2. The Morgan fingerprint density at radius 3 is 2.49 bits per heavy atom. The lowest BCUT2D eigenvalue weighted by Gasteiger charge is -2.32. The Hall–Kier alpha value is -3.81. The van der Waals surface area contributed by atoms with Crippen LogP contribution >= 0.6 is 0 Å². The lowest BCUT2D eigenvalue weighted by Crippen LogP contribution is -2.49. The number of amides is 3. The van der Waals surface area contributed by atoms with Crippen molar-refractivity contribution in [3.8, 4) is 0 Å². The Morgan fingerprint density at radius 1 is 1.03 bits per heavy atom. The fourth-order valence-corrected chi connectivity index (χ4v) is 4.45. The minimum absolute atomic E-state index is 0.0583. The second kappa shape index (κ2) is 11.1. The third kappa shape index (κ3) is 6.01. The Kier molecular flexibility index (Phi) is 7.70. The minimum atomic E-state index is -1.03. The van der Waals surface area contributed by atoms with Crippen LogP contribution in [0.15, 0.2) is 63.6 Å². The summed E-state index contributed by atoms with van der Waals surface area (Å²) in [5, 5.41) is 5.73. The molecule has 35 heavy (non-hydrogen) atoms. The highest BCUT2D eigenvalue weighted by Gasteiger charge is 2.36. The van der Waals surface area contributed by atoms with Crippen LogP contribution in [0.1, 0.15) is 65.8 Å². The summed E-state index contributed by atoms with van der Waals surface area (Å²) >= 11 is 0. The van der Waals surface area contributed by atoms with Gasteiger partial charge >= 0.3 is 0 Å². The molecular weight excluding hydrogens is 446 g/mol. The first-order valence-corrected chi connectivity index (χ1v) is 12.0. The SMILES string of the molecule is Cc1cccc(N(C(=O)CNC(=O)c2ccco2)C(C(=O)NC2CCCCC2)c2ccc(C)o2)c1. The molecule has 1 aromatic carbocycles. The van der Waals surface area contributed by atoms with Crippen LogP contribution in [0.25, 0.3) is 0 Å². The molecule has 8 heteroatoms. The summed E-state index contributed by atoms with van der Waals surface area (Å²) in [6.45, 7) is 3.39. The van der Waals surface area contributed by atoms with Gasteiger partial charge in [-0.1, -0.05) is 31.4 Å². The zero-order valence-electron chi connectivity index (χ0n) is 20.1. The van der Waals surface area contributed by atoms with Gasteiger partial charge in [0.25, 0.3) is 11.8 Å². The first kappa shape index (κ1) is 24.3. The van der Waals surface area contributed by atoms with Crippen LogP contribution in [0.4, 0.5) is 5.69 Å². The molecule has 1 fully saturated rings. The summed E-state index contributed by atoms with van der Waals surface area (Å²) < 4.78 is 11.0. The van der Waals surface area contributed by atoms with Gasteiger partial charge in [-0.25, -0.2) is 0 Å². The second-order valence-electron chi connectivity index (χ2n) is 8.96. The monoisotopic (exact) mass is 477 g/mol. The highest BCUT2D eigenvalue weighted by atomic mass is 16.3. The molecule has 8 nitrogen and oxygen atoms in total. The predicted molar refractivity (Wildman–Crippen MR) is 131 cm³/mol. The number of nitrogens with one attached hydrogen (secondary N) is 2. The molecule has 2 N–H and O–H groups in total. The fourth-order valence-electron chi connectivity index (χ4n) is 4.45. The minimum Gasteiger partial charge on any atom is -0.464 e. The molecule has 1 saturated carbocycles. The second-order valence-corrected chi connectivity index (χ2v) is 8.96.